The van der Waals surface area contributed by atoms with Crippen molar-refractivity contribution in [2.24, 2.45) is 0 Å². The van der Waals surface area contributed by atoms with Gasteiger partial charge in [-0.05, 0) is 24.3 Å². The Morgan fingerprint density at radius 1 is 1.14 bits per heavy atom. The molecule has 5 nitrogen and oxygen atoms in total. The van der Waals surface area contributed by atoms with Crippen molar-refractivity contribution in [3.63, 3.8) is 0 Å². The summed E-state index contributed by atoms with van der Waals surface area (Å²) >= 11 is 0. The summed E-state index contributed by atoms with van der Waals surface area (Å²) in [6.45, 7) is 0. The average molecular weight is 283 g/mol. The van der Waals surface area contributed by atoms with Gasteiger partial charge in [-0.15, -0.1) is 0 Å². The third-order valence-corrected chi connectivity index (χ3v) is 2.84. The fourth-order valence-corrected chi connectivity index (χ4v) is 1.82. The SMILES string of the molecule is O=C(Nc1cc(-c2ccccc2F)no1)c1ccncc1. The van der Waals surface area contributed by atoms with E-state index in [1.54, 1.807) is 30.3 Å². The van der Waals surface area contributed by atoms with Crippen molar-refractivity contribution in [2.45, 2.75) is 0 Å². The van der Waals surface area contributed by atoms with Gasteiger partial charge in [0, 0.05) is 29.6 Å². The van der Waals surface area contributed by atoms with Gasteiger partial charge in [-0.25, -0.2) is 4.39 Å². The van der Waals surface area contributed by atoms with Gasteiger partial charge in [0.15, 0.2) is 0 Å². The predicted octanol–water partition coefficient (Wildman–Crippen LogP) is 3.13. The van der Waals surface area contributed by atoms with Gasteiger partial charge in [0.1, 0.15) is 11.5 Å². The van der Waals surface area contributed by atoms with Crippen LogP contribution >= 0.6 is 0 Å². The molecule has 0 bridgehead atoms. The van der Waals surface area contributed by atoms with Crippen LogP contribution in [0.5, 0.6) is 0 Å². The Kier molecular flexibility index (Phi) is 3.42. The molecular formula is C15H10FN3O2. The van der Waals surface area contributed by atoms with E-state index in [0.29, 0.717) is 16.8 Å². The zero-order valence-electron chi connectivity index (χ0n) is 10.8. The highest BCUT2D eigenvalue weighted by Crippen LogP contribution is 2.24. The van der Waals surface area contributed by atoms with E-state index in [1.165, 1.54) is 24.5 Å². The van der Waals surface area contributed by atoms with Gasteiger partial charge in [0.2, 0.25) is 5.88 Å². The van der Waals surface area contributed by atoms with E-state index in [2.05, 4.69) is 15.5 Å². The Balaban J connectivity index is 1.80. The molecule has 0 radical (unpaired) electrons. The van der Waals surface area contributed by atoms with Crippen LogP contribution in [-0.4, -0.2) is 16.0 Å². The third kappa shape index (κ3) is 2.79. The lowest BCUT2D eigenvalue weighted by molar-refractivity contribution is 0.102. The van der Waals surface area contributed by atoms with Gasteiger partial charge in [0.05, 0.1) is 0 Å². The Labute approximate surface area is 119 Å². The van der Waals surface area contributed by atoms with Crippen molar-refractivity contribution >= 4 is 11.8 Å². The molecule has 21 heavy (non-hydrogen) atoms. The van der Waals surface area contributed by atoms with E-state index in [-0.39, 0.29) is 11.8 Å². The molecule has 0 fully saturated rings. The zero-order chi connectivity index (χ0) is 14.7. The van der Waals surface area contributed by atoms with Gasteiger partial charge < -0.3 is 4.52 Å². The Hall–Kier alpha value is -3.02. The Morgan fingerprint density at radius 3 is 2.67 bits per heavy atom. The molecule has 0 aliphatic rings. The summed E-state index contributed by atoms with van der Waals surface area (Å²) in [5, 5.41) is 6.30. The number of amides is 1. The number of aromatic nitrogens is 2. The number of hydrogen-bond acceptors (Lipinski definition) is 4. The lowest BCUT2D eigenvalue weighted by Crippen LogP contribution is -2.11. The van der Waals surface area contributed by atoms with Gasteiger partial charge in [-0.2, -0.15) is 0 Å². The summed E-state index contributed by atoms with van der Waals surface area (Å²) in [5.41, 5.74) is 1.07. The number of hydrogen-bond donors (Lipinski definition) is 1. The maximum Gasteiger partial charge on any atom is 0.258 e. The molecule has 0 saturated carbocycles. The minimum Gasteiger partial charge on any atom is -0.338 e. The zero-order valence-corrected chi connectivity index (χ0v) is 10.8. The Morgan fingerprint density at radius 2 is 1.90 bits per heavy atom. The molecule has 1 aromatic carbocycles. The van der Waals surface area contributed by atoms with Crippen molar-refractivity contribution < 1.29 is 13.7 Å². The van der Waals surface area contributed by atoms with Crippen LogP contribution in [-0.2, 0) is 0 Å². The van der Waals surface area contributed by atoms with E-state index in [4.69, 9.17) is 4.52 Å². The highest BCUT2D eigenvalue weighted by atomic mass is 19.1. The highest BCUT2D eigenvalue weighted by molar-refractivity contribution is 6.03. The quantitative estimate of drug-likeness (QED) is 0.801. The van der Waals surface area contributed by atoms with Crippen molar-refractivity contribution in [1.82, 2.24) is 10.1 Å². The number of nitrogens with one attached hydrogen (secondary N) is 1. The molecule has 2 heterocycles. The molecule has 1 N–H and O–H groups in total. The largest absolute Gasteiger partial charge is 0.338 e. The Bertz CT molecular complexity index is 771. The van der Waals surface area contributed by atoms with Gasteiger partial charge >= 0.3 is 0 Å². The first-order valence-electron chi connectivity index (χ1n) is 6.17. The van der Waals surface area contributed by atoms with E-state index in [1.807, 2.05) is 0 Å². The maximum absolute atomic E-state index is 13.6. The molecule has 6 heteroatoms. The predicted molar refractivity (Wildman–Crippen MR) is 74.1 cm³/mol. The minimum absolute atomic E-state index is 0.148. The van der Waals surface area contributed by atoms with Crippen LogP contribution in [0.1, 0.15) is 10.4 Å². The van der Waals surface area contributed by atoms with Crippen molar-refractivity contribution in [2.75, 3.05) is 5.32 Å². The second-order valence-corrected chi connectivity index (χ2v) is 4.25. The number of rotatable bonds is 3. The van der Waals surface area contributed by atoms with Gasteiger partial charge in [-0.3, -0.25) is 15.1 Å². The third-order valence-electron chi connectivity index (χ3n) is 2.84. The molecule has 1 amide bonds. The summed E-state index contributed by atoms with van der Waals surface area (Å²) in [6, 6.07) is 10.8. The first-order valence-corrected chi connectivity index (χ1v) is 6.17. The van der Waals surface area contributed by atoms with Crippen LogP contribution in [0.4, 0.5) is 10.3 Å². The molecule has 3 rings (SSSR count). The van der Waals surface area contributed by atoms with Crippen LogP contribution in [0.15, 0.2) is 59.4 Å². The molecule has 0 aliphatic carbocycles. The summed E-state index contributed by atoms with van der Waals surface area (Å²) in [5.74, 6) is -0.610. The molecule has 0 atom stereocenters. The van der Waals surface area contributed by atoms with Crippen LogP contribution in [0, 0.1) is 5.82 Å². The summed E-state index contributed by atoms with van der Waals surface area (Å²) in [6.07, 6.45) is 3.03. The first kappa shape index (κ1) is 13.0. The monoisotopic (exact) mass is 283 g/mol. The van der Waals surface area contributed by atoms with Crippen LogP contribution in [0.25, 0.3) is 11.3 Å². The molecule has 0 aliphatic heterocycles. The number of benzene rings is 1. The topological polar surface area (TPSA) is 68.0 Å². The maximum atomic E-state index is 13.6. The smallest absolute Gasteiger partial charge is 0.258 e. The number of pyridine rings is 1. The normalized spacial score (nSPS) is 10.3. The number of anilines is 1. The van der Waals surface area contributed by atoms with E-state index < -0.39 is 5.82 Å². The van der Waals surface area contributed by atoms with Crippen molar-refractivity contribution in [3.05, 3.63) is 66.2 Å². The number of carbonyl (C=O) groups is 1. The molecule has 0 spiro atoms. The lowest BCUT2D eigenvalue weighted by atomic mass is 10.1. The molecule has 3 aromatic rings. The number of nitrogens with zero attached hydrogens (tertiary/aromatic N) is 2. The van der Waals surface area contributed by atoms with E-state index in [9.17, 15) is 9.18 Å². The van der Waals surface area contributed by atoms with Crippen LogP contribution in [0.3, 0.4) is 0 Å². The molecule has 0 saturated heterocycles. The molecule has 104 valence electrons. The summed E-state index contributed by atoms with van der Waals surface area (Å²) < 4.78 is 18.6. The fraction of sp³-hybridized carbons (Fsp3) is 0. The van der Waals surface area contributed by atoms with Gasteiger partial charge in [0.25, 0.3) is 5.91 Å². The fourth-order valence-electron chi connectivity index (χ4n) is 1.82. The summed E-state index contributed by atoms with van der Waals surface area (Å²) in [4.78, 5) is 15.8. The molecule has 0 unspecified atom stereocenters. The van der Waals surface area contributed by atoms with Crippen LogP contribution < -0.4 is 5.32 Å². The van der Waals surface area contributed by atoms with Gasteiger partial charge in [-0.1, -0.05) is 17.3 Å². The molecule has 2 aromatic heterocycles. The van der Waals surface area contributed by atoms with E-state index >= 15 is 0 Å². The standard InChI is InChI=1S/C15H10FN3O2/c16-12-4-2-1-3-11(12)13-9-14(21-19-13)18-15(20)10-5-7-17-8-6-10/h1-9H,(H,18,20). The minimum atomic E-state index is -0.405. The second-order valence-electron chi connectivity index (χ2n) is 4.25. The second kappa shape index (κ2) is 5.54. The van der Waals surface area contributed by atoms with E-state index in [0.717, 1.165) is 0 Å². The number of halogens is 1. The lowest BCUT2D eigenvalue weighted by Gasteiger charge is -1.99. The summed E-state index contributed by atoms with van der Waals surface area (Å²) in [7, 11) is 0. The average Bonchev–Trinajstić information content (AvgIpc) is 2.97. The highest BCUT2D eigenvalue weighted by Gasteiger charge is 2.13. The van der Waals surface area contributed by atoms with Crippen LogP contribution in [0.2, 0.25) is 0 Å². The first-order chi connectivity index (χ1) is 10.2. The molecular weight excluding hydrogens is 273 g/mol. The number of carbonyl (C=O) groups excluding carboxylic acids is 1. The van der Waals surface area contributed by atoms with Crippen molar-refractivity contribution in [1.29, 1.82) is 0 Å². The van der Waals surface area contributed by atoms with Crippen molar-refractivity contribution in [3.8, 4) is 11.3 Å².